The normalized spacial score (nSPS) is 15.2. The van der Waals surface area contributed by atoms with E-state index in [1.54, 1.807) is 35.0 Å². The number of ether oxygens (including phenoxy) is 2. The Bertz CT molecular complexity index is 1290. The fourth-order valence-corrected chi connectivity index (χ4v) is 3.63. The highest BCUT2D eigenvalue weighted by molar-refractivity contribution is 6.39. The van der Waals surface area contributed by atoms with Crippen molar-refractivity contribution in [3.63, 3.8) is 0 Å². The first kappa shape index (κ1) is 21.8. The molecule has 0 unspecified atom stereocenters. The number of nitrogens with one attached hydrogen (secondary N) is 1. The second-order valence-corrected chi connectivity index (χ2v) is 7.19. The smallest absolute Gasteiger partial charge is 0.335 e. The lowest BCUT2D eigenvalue weighted by atomic mass is 10.1. The molecule has 1 aliphatic rings. The number of barbiturate groups is 1. The molecule has 2 aromatic carbocycles. The number of benzene rings is 2. The molecule has 1 fully saturated rings. The van der Waals surface area contributed by atoms with Crippen LogP contribution >= 0.6 is 0 Å². The summed E-state index contributed by atoms with van der Waals surface area (Å²) >= 11 is 0. The van der Waals surface area contributed by atoms with Gasteiger partial charge in [-0.05, 0) is 43.3 Å². The lowest BCUT2D eigenvalue weighted by molar-refractivity contribution is -0.141. The Kier molecular flexibility index (Phi) is 5.95. The zero-order valence-corrected chi connectivity index (χ0v) is 18.0. The summed E-state index contributed by atoms with van der Waals surface area (Å²) in [5.74, 6) is -1.39. The number of anilines is 1. The number of imide groups is 2. The summed E-state index contributed by atoms with van der Waals surface area (Å²) in [5, 5.41) is 2.95. The predicted molar refractivity (Wildman–Crippen MR) is 121 cm³/mol. The van der Waals surface area contributed by atoms with Crippen LogP contribution in [-0.2, 0) is 25.7 Å². The van der Waals surface area contributed by atoms with Crippen LogP contribution < -0.4 is 15.0 Å². The summed E-state index contributed by atoms with van der Waals surface area (Å²) in [4.78, 5) is 50.9. The minimum atomic E-state index is -0.834. The molecular weight excluding hydrogens is 426 g/mol. The van der Waals surface area contributed by atoms with E-state index in [0.29, 0.717) is 23.6 Å². The first-order valence-corrected chi connectivity index (χ1v) is 10.2. The van der Waals surface area contributed by atoms with Gasteiger partial charge in [0.2, 0.25) is 0 Å². The number of urea groups is 1. The van der Waals surface area contributed by atoms with Crippen molar-refractivity contribution in [3.8, 4) is 5.75 Å². The maximum atomic E-state index is 13.2. The van der Waals surface area contributed by atoms with Crippen molar-refractivity contribution in [2.24, 2.45) is 0 Å². The maximum absolute atomic E-state index is 13.2. The van der Waals surface area contributed by atoms with Crippen molar-refractivity contribution >= 4 is 46.5 Å². The number of methoxy groups -OCH3 is 1. The Morgan fingerprint density at radius 1 is 1.06 bits per heavy atom. The van der Waals surface area contributed by atoms with Gasteiger partial charge in [-0.25, -0.2) is 9.69 Å². The zero-order chi connectivity index (χ0) is 23.5. The largest absolute Gasteiger partial charge is 0.494 e. The van der Waals surface area contributed by atoms with Crippen LogP contribution in [0.25, 0.3) is 17.0 Å². The molecule has 1 aromatic heterocycles. The molecule has 1 aliphatic heterocycles. The van der Waals surface area contributed by atoms with Crippen LogP contribution in [0.4, 0.5) is 10.5 Å². The van der Waals surface area contributed by atoms with Crippen LogP contribution in [0.5, 0.6) is 5.75 Å². The van der Waals surface area contributed by atoms with Crippen molar-refractivity contribution in [2.75, 3.05) is 18.6 Å². The molecule has 0 atom stereocenters. The molecule has 0 saturated carbocycles. The van der Waals surface area contributed by atoms with Gasteiger partial charge in [0.05, 0.1) is 19.4 Å². The van der Waals surface area contributed by atoms with Crippen LogP contribution in [0, 0.1) is 0 Å². The van der Waals surface area contributed by atoms with Gasteiger partial charge >= 0.3 is 12.0 Å². The Labute approximate surface area is 189 Å². The number of aromatic nitrogens is 1. The lowest BCUT2D eigenvalue weighted by Crippen LogP contribution is -2.54. The Balaban J connectivity index is 1.73. The van der Waals surface area contributed by atoms with E-state index in [0.717, 1.165) is 15.8 Å². The molecule has 3 aromatic rings. The van der Waals surface area contributed by atoms with Gasteiger partial charge in [0.25, 0.3) is 11.8 Å². The highest BCUT2D eigenvalue weighted by Crippen LogP contribution is 2.27. The topological polar surface area (TPSA) is 107 Å². The van der Waals surface area contributed by atoms with Gasteiger partial charge in [-0.15, -0.1) is 0 Å². The van der Waals surface area contributed by atoms with E-state index in [1.807, 2.05) is 31.2 Å². The zero-order valence-electron chi connectivity index (χ0n) is 18.0. The molecule has 4 amide bonds. The number of esters is 1. The number of fused-ring (bicyclic) bond motifs is 1. The van der Waals surface area contributed by atoms with Gasteiger partial charge in [0.1, 0.15) is 17.9 Å². The molecule has 9 nitrogen and oxygen atoms in total. The minimum Gasteiger partial charge on any atom is -0.494 e. The second-order valence-electron chi connectivity index (χ2n) is 7.19. The number of hydrogen-bond donors (Lipinski definition) is 1. The van der Waals surface area contributed by atoms with Crippen molar-refractivity contribution in [1.82, 2.24) is 9.88 Å². The van der Waals surface area contributed by atoms with Gasteiger partial charge in [-0.3, -0.25) is 19.7 Å². The molecule has 0 bridgehead atoms. The molecule has 33 heavy (non-hydrogen) atoms. The fraction of sp³-hybridized carbons (Fsp3) is 0.167. The Hall–Kier alpha value is -4.40. The predicted octanol–water partition coefficient (Wildman–Crippen LogP) is 2.88. The van der Waals surface area contributed by atoms with Gasteiger partial charge < -0.3 is 14.0 Å². The summed E-state index contributed by atoms with van der Waals surface area (Å²) in [7, 11) is 1.30. The molecule has 0 aliphatic carbocycles. The summed E-state index contributed by atoms with van der Waals surface area (Å²) in [6.45, 7) is 2.30. The molecule has 4 rings (SSSR count). The average Bonchev–Trinajstić information content (AvgIpc) is 3.15. The van der Waals surface area contributed by atoms with E-state index < -0.39 is 23.8 Å². The summed E-state index contributed by atoms with van der Waals surface area (Å²) in [6.07, 6.45) is 3.08. The molecule has 0 radical (unpaired) electrons. The van der Waals surface area contributed by atoms with E-state index in [4.69, 9.17) is 9.47 Å². The molecule has 2 heterocycles. The average molecular weight is 447 g/mol. The second kappa shape index (κ2) is 8.99. The number of rotatable bonds is 6. The number of nitrogens with zero attached hydrogens (tertiary/aromatic N) is 2. The van der Waals surface area contributed by atoms with Gasteiger partial charge in [-0.2, -0.15) is 0 Å². The number of carbonyl (C=O) groups is 4. The number of carbonyl (C=O) groups excluding carboxylic acids is 4. The van der Waals surface area contributed by atoms with Crippen LogP contribution in [-0.4, -0.2) is 42.1 Å². The van der Waals surface area contributed by atoms with Crippen LogP contribution in [0.1, 0.15) is 12.5 Å². The van der Waals surface area contributed by atoms with Crippen LogP contribution in [0.2, 0.25) is 0 Å². The standard InChI is InChI=1S/C24H21N3O6/c1-3-33-17-10-8-16(9-11-17)27-23(30)19(22(29)25-24(27)31)12-15-13-26(14-21(28)32-2)20-7-5-4-6-18(15)20/h4-13H,3,14H2,1-2H3,(H,25,29,31)/b19-12+. The van der Waals surface area contributed by atoms with Gasteiger partial charge in [0.15, 0.2) is 0 Å². The van der Waals surface area contributed by atoms with Crippen molar-refractivity contribution in [2.45, 2.75) is 13.5 Å². The highest BCUT2D eigenvalue weighted by atomic mass is 16.5. The quantitative estimate of drug-likeness (QED) is 0.354. The van der Waals surface area contributed by atoms with E-state index >= 15 is 0 Å². The summed E-state index contributed by atoms with van der Waals surface area (Å²) < 4.78 is 11.8. The maximum Gasteiger partial charge on any atom is 0.335 e. The lowest BCUT2D eigenvalue weighted by Gasteiger charge is -2.26. The highest BCUT2D eigenvalue weighted by Gasteiger charge is 2.37. The van der Waals surface area contributed by atoms with Crippen molar-refractivity contribution < 1.29 is 28.7 Å². The fourth-order valence-electron chi connectivity index (χ4n) is 3.63. The molecule has 9 heteroatoms. The third kappa shape index (κ3) is 4.20. The van der Waals surface area contributed by atoms with Gasteiger partial charge in [-0.1, -0.05) is 18.2 Å². The van der Waals surface area contributed by atoms with Crippen molar-refractivity contribution in [3.05, 3.63) is 65.9 Å². The van der Waals surface area contributed by atoms with E-state index in [2.05, 4.69) is 5.32 Å². The van der Waals surface area contributed by atoms with Gasteiger partial charge in [0, 0.05) is 22.7 Å². The Morgan fingerprint density at radius 2 is 1.79 bits per heavy atom. The van der Waals surface area contributed by atoms with Crippen LogP contribution in [0.15, 0.2) is 60.3 Å². The molecular formula is C24H21N3O6. The SMILES string of the molecule is CCOc1ccc(N2C(=O)NC(=O)/C(=C\c3cn(CC(=O)OC)c4ccccc34)C2=O)cc1. The van der Waals surface area contributed by atoms with E-state index in [9.17, 15) is 19.2 Å². The number of para-hydroxylation sites is 1. The third-order valence-electron chi connectivity index (χ3n) is 5.15. The van der Waals surface area contributed by atoms with E-state index in [1.165, 1.54) is 13.2 Å². The summed E-state index contributed by atoms with van der Waals surface area (Å²) in [6, 6.07) is 12.8. The monoisotopic (exact) mass is 447 g/mol. The first-order valence-electron chi connectivity index (χ1n) is 10.2. The number of hydrogen-bond acceptors (Lipinski definition) is 6. The minimum absolute atomic E-state index is 0.0306. The first-order chi connectivity index (χ1) is 15.9. The molecule has 1 saturated heterocycles. The molecule has 0 spiro atoms. The molecule has 1 N–H and O–H groups in total. The Morgan fingerprint density at radius 3 is 2.48 bits per heavy atom. The summed E-state index contributed by atoms with van der Waals surface area (Å²) in [5.41, 5.74) is 1.38. The third-order valence-corrected chi connectivity index (χ3v) is 5.15. The van der Waals surface area contributed by atoms with Crippen LogP contribution in [0.3, 0.4) is 0 Å². The van der Waals surface area contributed by atoms with E-state index in [-0.39, 0.29) is 12.1 Å². The van der Waals surface area contributed by atoms with Crippen molar-refractivity contribution in [1.29, 1.82) is 0 Å². The number of amides is 4. The molecule has 168 valence electrons.